The van der Waals surface area contributed by atoms with Crippen LogP contribution in [0.15, 0.2) is 0 Å². The molecule has 7 heteroatoms. The number of ketones is 1. The Morgan fingerprint density at radius 2 is 1.86 bits per heavy atom. The largest absolute Gasteiger partial charge is 0.481 e. The van der Waals surface area contributed by atoms with E-state index >= 15 is 0 Å². The van der Waals surface area contributed by atoms with Crippen LogP contribution >= 0.6 is 0 Å². The lowest BCUT2D eigenvalue weighted by molar-refractivity contribution is -0.164. The zero-order chi connectivity index (χ0) is 16.9. The van der Waals surface area contributed by atoms with Crippen molar-refractivity contribution in [1.29, 1.82) is 0 Å². The van der Waals surface area contributed by atoms with Crippen molar-refractivity contribution >= 4 is 23.7 Å². The molecule has 1 saturated heterocycles. The molecule has 124 valence electrons. The van der Waals surface area contributed by atoms with E-state index in [4.69, 9.17) is 14.6 Å². The highest BCUT2D eigenvalue weighted by Crippen LogP contribution is 2.24. The van der Waals surface area contributed by atoms with Gasteiger partial charge in [0.1, 0.15) is 5.78 Å². The van der Waals surface area contributed by atoms with Gasteiger partial charge in [0.2, 0.25) is 6.10 Å². The third-order valence-corrected chi connectivity index (χ3v) is 3.87. The Hall–Kier alpha value is -1.92. The van der Waals surface area contributed by atoms with E-state index in [1.54, 1.807) is 6.92 Å². The van der Waals surface area contributed by atoms with Gasteiger partial charge >= 0.3 is 17.9 Å². The van der Waals surface area contributed by atoms with E-state index in [0.29, 0.717) is 6.42 Å². The fourth-order valence-electron chi connectivity index (χ4n) is 2.23. The molecular formula is C15H22O7. The second kappa shape index (κ2) is 7.91. The van der Waals surface area contributed by atoms with Crippen LogP contribution in [-0.2, 0) is 28.7 Å². The monoisotopic (exact) mass is 314 g/mol. The molecular weight excluding hydrogens is 292 g/mol. The van der Waals surface area contributed by atoms with Crippen molar-refractivity contribution in [2.24, 2.45) is 17.8 Å². The summed E-state index contributed by atoms with van der Waals surface area (Å²) in [5.41, 5.74) is 0. The number of hydrogen-bond donors (Lipinski definition) is 1. The van der Waals surface area contributed by atoms with Crippen LogP contribution in [0.3, 0.4) is 0 Å². The Balaban J connectivity index is 2.73. The van der Waals surface area contributed by atoms with E-state index in [9.17, 15) is 19.2 Å². The Morgan fingerprint density at radius 1 is 1.27 bits per heavy atom. The number of carbonyl (C=O) groups excluding carboxylic acids is 3. The molecule has 1 N–H and O–H groups in total. The molecule has 4 atom stereocenters. The lowest BCUT2D eigenvalue weighted by atomic mass is 9.87. The summed E-state index contributed by atoms with van der Waals surface area (Å²) < 4.78 is 9.85. The second-order valence-electron chi connectivity index (χ2n) is 5.80. The SMILES string of the molecule is CC(=O)C(C)CC(CC(C)C(=O)O)C(=O)OC1CCOC1=O. The number of carbonyl (C=O) groups is 4. The standard InChI is InChI=1S/C15H22O7/c1-8(10(3)16)6-11(7-9(2)13(17)18)14(19)22-12-4-5-21-15(12)20/h8-9,11-12H,4-7H2,1-3H3,(H,17,18). The Bertz CT molecular complexity index is 435. The fourth-order valence-corrected chi connectivity index (χ4v) is 2.23. The van der Waals surface area contributed by atoms with Crippen molar-refractivity contribution in [2.75, 3.05) is 6.61 Å². The van der Waals surface area contributed by atoms with Gasteiger partial charge in [-0.1, -0.05) is 13.8 Å². The van der Waals surface area contributed by atoms with E-state index in [-0.39, 0.29) is 31.1 Å². The highest BCUT2D eigenvalue weighted by Gasteiger charge is 2.34. The number of Topliss-reactive ketones (excluding diaryl/α,β-unsaturated/α-hetero) is 1. The summed E-state index contributed by atoms with van der Waals surface area (Å²) in [6.45, 7) is 4.79. The molecule has 0 amide bonds. The first-order valence-corrected chi connectivity index (χ1v) is 7.32. The Morgan fingerprint density at radius 3 is 2.32 bits per heavy atom. The van der Waals surface area contributed by atoms with Gasteiger partial charge in [-0.25, -0.2) is 4.79 Å². The van der Waals surface area contributed by atoms with Gasteiger partial charge in [0.25, 0.3) is 0 Å². The van der Waals surface area contributed by atoms with Crippen LogP contribution in [0.25, 0.3) is 0 Å². The van der Waals surface area contributed by atoms with E-state index in [2.05, 4.69) is 0 Å². The molecule has 1 fully saturated rings. The molecule has 0 spiro atoms. The third-order valence-electron chi connectivity index (χ3n) is 3.87. The predicted molar refractivity (Wildman–Crippen MR) is 74.8 cm³/mol. The summed E-state index contributed by atoms with van der Waals surface area (Å²) in [7, 11) is 0. The van der Waals surface area contributed by atoms with Gasteiger partial charge in [0, 0.05) is 12.3 Å². The maximum absolute atomic E-state index is 12.2. The summed E-state index contributed by atoms with van der Waals surface area (Å²) in [6, 6.07) is 0. The van der Waals surface area contributed by atoms with E-state index < -0.39 is 35.8 Å². The highest BCUT2D eigenvalue weighted by atomic mass is 16.6. The minimum absolute atomic E-state index is 0.0630. The zero-order valence-electron chi connectivity index (χ0n) is 13.0. The van der Waals surface area contributed by atoms with Gasteiger partial charge in [-0.2, -0.15) is 0 Å². The number of esters is 2. The molecule has 22 heavy (non-hydrogen) atoms. The van der Waals surface area contributed by atoms with Gasteiger partial charge in [-0.15, -0.1) is 0 Å². The predicted octanol–water partition coefficient (Wildman–Crippen LogP) is 1.19. The molecule has 0 aromatic heterocycles. The fraction of sp³-hybridized carbons (Fsp3) is 0.733. The molecule has 1 rings (SSSR count). The zero-order valence-corrected chi connectivity index (χ0v) is 13.0. The minimum Gasteiger partial charge on any atom is -0.481 e. The highest BCUT2D eigenvalue weighted by molar-refractivity contribution is 5.83. The van der Waals surface area contributed by atoms with Crippen LogP contribution in [0.5, 0.6) is 0 Å². The molecule has 0 saturated carbocycles. The first kappa shape index (κ1) is 18.1. The van der Waals surface area contributed by atoms with Crippen molar-refractivity contribution in [3.8, 4) is 0 Å². The smallest absolute Gasteiger partial charge is 0.347 e. The summed E-state index contributed by atoms with van der Waals surface area (Å²) in [4.78, 5) is 45.9. The topological polar surface area (TPSA) is 107 Å². The first-order chi connectivity index (χ1) is 10.2. The number of ether oxygens (including phenoxy) is 2. The molecule has 1 heterocycles. The Kier molecular flexibility index (Phi) is 6.52. The van der Waals surface area contributed by atoms with Gasteiger partial charge in [0.15, 0.2) is 0 Å². The van der Waals surface area contributed by atoms with E-state index in [1.165, 1.54) is 13.8 Å². The maximum atomic E-state index is 12.2. The van der Waals surface area contributed by atoms with Crippen LogP contribution < -0.4 is 0 Å². The molecule has 0 aliphatic carbocycles. The summed E-state index contributed by atoms with van der Waals surface area (Å²) >= 11 is 0. The van der Waals surface area contributed by atoms with Crippen molar-refractivity contribution in [1.82, 2.24) is 0 Å². The van der Waals surface area contributed by atoms with Crippen molar-refractivity contribution in [2.45, 2.75) is 46.1 Å². The van der Waals surface area contributed by atoms with Crippen molar-refractivity contribution < 1.29 is 33.8 Å². The van der Waals surface area contributed by atoms with Crippen LogP contribution in [0.2, 0.25) is 0 Å². The number of cyclic esters (lactones) is 1. The average Bonchev–Trinajstić information content (AvgIpc) is 2.82. The van der Waals surface area contributed by atoms with Crippen molar-refractivity contribution in [3.63, 3.8) is 0 Å². The molecule has 1 aliphatic rings. The lowest BCUT2D eigenvalue weighted by Crippen LogP contribution is -2.31. The summed E-state index contributed by atoms with van der Waals surface area (Å²) in [5.74, 6) is -4.20. The molecule has 4 unspecified atom stereocenters. The molecule has 0 aromatic carbocycles. The van der Waals surface area contributed by atoms with Crippen LogP contribution in [0.1, 0.15) is 40.0 Å². The summed E-state index contributed by atoms with van der Waals surface area (Å²) in [5, 5.41) is 8.99. The number of carboxylic acid groups (broad SMARTS) is 1. The summed E-state index contributed by atoms with van der Waals surface area (Å²) in [6.07, 6.45) is -0.363. The second-order valence-corrected chi connectivity index (χ2v) is 5.80. The number of carboxylic acids is 1. The molecule has 0 aromatic rings. The first-order valence-electron chi connectivity index (χ1n) is 7.32. The molecule has 0 bridgehead atoms. The average molecular weight is 314 g/mol. The van der Waals surface area contributed by atoms with E-state index in [0.717, 1.165) is 0 Å². The van der Waals surface area contributed by atoms with Crippen LogP contribution in [-0.4, -0.2) is 41.5 Å². The van der Waals surface area contributed by atoms with Gasteiger partial charge in [-0.05, 0) is 19.8 Å². The van der Waals surface area contributed by atoms with E-state index in [1.807, 2.05) is 0 Å². The quantitative estimate of drug-likeness (QED) is 0.670. The van der Waals surface area contributed by atoms with Gasteiger partial charge < -0.3 is 14.6 Å². The number of aliphatic carboxylic acids is 1. The normalized spacial score (nSPS) is 21.6. The Labute approximate surface area is 129 Å². The number of rotatable bonds is 8. The van der Waals surface area contributed by atoms with Gasteiger partial charge in [-0.3, -0.25) is 14.4 Å². The third kappa shape index (κ3) is 5.13. The van der Waals surface area contributed by atoms with Gasteiger partial charge in [0.05, 0.1) is 18.4 Å². The minimum atomic E-state index is -1.02. The van der Waals surface area contributed by atoms with Crippen LogP contribution in [0, 0.1) is 17.8 Å². The molecule has 0 radical (unpaired) electrons. The van der Waals surface area contributed by atoms with Crippen LogP contribution in [0.4, 0.5) is 0 Å². The molecule has 7 nitrogen and oxygen atoms in total. The molecule has 1 aliphatic heterocycles. The number of hydrogen-bond acceptors (Lipinski definition) is 6. The maximum Gasteiger partial charge on any atom is 0.347 e. The van der Waals surface area contributed by atoms with Crippen molar-refractivity contribution in [3.05, 3.63) is 0 Å². The lowest BCUT2D eigenvalue weighted by Gasteiger charge is -2.21.